The maximum absolute atomic E-state index is 5.73. The Morgan fingerprint density at radius 3 is 2.29 bits per heavy atom. The standard InChI is InChI=1S/C12H27NO/c1-6-13-11(4)7-8-14-12(5)9-10(2)3/h10-13H,6-9H2,1-5H3. The lowest BCUT2D eigenvalue weighted by molar-refractivity contribution is 0.0470. The van der Waals surface area contributed by atoms with Gasteiger partial charge in [-0.3, -0.25) is 0 Å². The molecule has 0 aromatic rings. The molecule has 0 radical (unpaired) electrons. The first kappa shape index (κ1) is 13.9. The Bertz CT molecular complexity index is 125. The van der Waals surface area contributed by atoms with Crippen LogP contribution in [0.3, 0.4) is 0 Å². The van der Waals surface area contributed by atoms with E-state index in [4.69, 9.17) is 4.74 Å². The minimum absolute atomic E-state index is 0.406. The zero-order chi connectivity index (χ0) is 11.0. The second kappa shape index (κ2) is 8.25. The highest BCUT2D eigenvalue weighted by Gasteiger charge is 2.06. The van der Waals surface area contributed by atoms with Gasteiger partial charge in [0, 0.05) is 12.6 Å². The highest BCUT2D eigenvalue weighted by molar-refractivity contribution is 4.59. The van der Waals surface area contributed by atoms with Gasteiger partial charge < -0.3 is 10.1 Å². The Morgan fingerprint density at radius 1 is 1.14 bits per heavy atom. The van der Waals surface area contributed by atoms with Crippen molar-refractivity contribution in [2.45, 2.75) is 59.6 Å². The van der Waals surface area contributed by atoms with E-state index >= 15 is 0 Å². The molecule has 0 aliphatic heterocycles. The molecule has 0 spiro atoms. The Labute approximate surface area is 89.4 Å². The van der Waals surface area contributed by atoms with Crippen molar-refractivity contribution < 1.29 is 4.74 Å². The lowest BCUT2D eigenvalue weighted by Gasteiger charge is -2.17. The summed E-state index contributed by atoms with van der Waals surface area (Å²) in [6.45, 7) is 12.9. The molecule has 2 atom stereocenters. The second-order valence-electron chi connectivity index (χ2n) is 4.56. The molecule has 0 saturated carbocycles. The second-order valence-corrected chi connectivity index (χ2v) is 4.56. The Kier molecular flexibility index (Phi) is 8.20. The van der Waals surface area contributed by atoms with Gasteiger partial charge in [-0.05, 0) is 39.2 Å². The third kappa shape index (κ3) is 8.52. The van der Waals surface area contributed by atoms with Crippen molar-refractivity contribution >= 4 is 0 Å². The quantitative estimate of drug-likeness (QED) is 0.652. The summed E-state index contributed by atoms with van der Waals surface area (Å²) in [5.74, 6) is 0.733. The van der Waals surface area contributed by atoms with Crippen molar-refractivity contribution in [1.82, 2.24) is 5.32 Å². The molecule has 0 aliphatic carbocycles. The van der Waals surface area contributed by atoms with Crippen molar-refractivity contribution in [1.29, 1.82) is 0 Å². The molecule has 2 unspecified atom stereocenters. The normalized spacial score (nSPS) is 15.9. The summed E-state index contributed by atoms with van der Waals surface area (Å²) in [5.41, 5.74) is 0. The third-order valence-electron chi connectivity index (χ3n) is 2.31. The fourth-order valence-electron chi connectivity index (χ4n) is 1.63. The van der Waals surface area contributed by atoms with E-state index in [1.807, 2.05) is 0 Å². The van der Waals surface area contributed by atoms with Crippen LogP contribution in [0.25, 0.3) is 0 Å². The van der Waals surface area contributed by atoms with Crippen molar-refractivity contribution in [3.05, 3.63) is 0 Å². The smallest absolute Gasteiger partial charge is 0.0549 e. The summed E-state index contributed by atoms with van der Waals surface area (Å²) < 4.78 is 5.73. The molecule has 0 amide bonds. The van der Waals surface area contributed by atoms with Crippen LogP contribution >= 0.6 is 0 Å². The van der Waals surface area contributed by atoms with Crippen LogP contribution in [0.2, 0.25) is 0 Å². The summed E-state index contributed by atoms with van der Waals surface area (Å²) in [7, 11) is 0. The SMILES string of the molecule is CCNC(C)CCOC(C)CC(C)C. The van der Waals surface area contributed by atoms with E-state index in [9.17, 15) is 0 Å². The topological polar surface area (TPSA) is 21.3 Å². The van der Waals surface area contributed by atoms with Crippen LogP contribution in [0.1, 0.15) is 47.5 Å². The van der Waals surface area contributed by atoms with Gasteiger partial charge in [-0.15, -0.1) is 0 Å². The predicted molar refractivity (Wildman–Crippen MR) is 62.6 cm³/mol. The molecule has 0 bridgehead atoms. The number of hydrogen-bond donors (Lipinski definition) is 1. The number of ether oxygens (including phenoxy) is 1. The van der Waals surface area contributed by atoms with Crippen LogP contribution < -0.4 is 5.32 Å². The van der Waals surface area contributed by atoms with E-state index in [1.54, 1.807) is 0 Å². The van der Waals surface area contributed by atoms with Gasteiger partial charge in [0.25, 0.3) is 0 Å². The largest absolute Gasteiger partial charge is 0.378 e. The monoisotopic (exact) mass is 201 g/mol. The molecule has 0 aliphatic rings. The highest BCUT2D eigenvalue weighted by atomic mass is 16.5. The summed E-state index contributed by atoms with van der Waals surface area (Å²) in [5, 5.41) is 3.38. The molecule has 2 nitrogen and oxygen atoms in total. The zero-order valence-corrected chi connectivity index (χ0v) is 10.5. The molecule has 0 heterocycles. The third-order valence-corrected chi connectivity index (χ3v) is 2.31. The van der Waals surface area contributed by atoms with Crippen LogP contribution in [0.15, 0.2) is 0 Å². The summed E-state index contributed by atoms with van der Waals surface area (Å²) >= 11 is 0. The van der Waals surface area contributed by atoms with Gasteiger partial charge in [0.15, 0.2) is 0 Å². The zero-order valence-electron chi connectivity index (χ0n) is 10.5. The Balaban J connectivity index is 3.34. The van der Waals surface area contributed by atoms with Gasteiger partial charge in [0.1, 0.15) is 0 Å². The molecular formula is C12H27NO. The molecule has 0 aromatic carbocycles. The fraction of sp³-hybridized carbons (Fsp3) is 1.00. The highest BCUT2D eigenvalue weighted by Crippen LogP contribution is 2.07. The van der Waals surface area contributed by atoms with E-state index in [0.29, 0.717) is 12.1 Å². The van der Waals surface area contributed by atoms with E-state index in [0.717, 1.165) is 31.9 Å². The molecule has 2 heteroatoms. The first-order valence-corrected chi connectivity index (χ1v) is 5.91. The molecule has 86 valence electrons. The van der Waals surface area contributed by atoms with Gasteiger partial charge >= 0.3 is 0 Å². The maximum Gasteiger partial charge on any atom is 0.0549 e. The van der Waals surface area contributed by atoms with Gasteiger partial charge in [0.05, 0.1) is 6.10 Å². The van der Waals surface area contributed by atoms with E-state index in [2.05, 4.69) is 39.9 Å². The van der Waals surface area contributed by atoms with Crippen LogP contribution in [0.5, 0.6) is 0 Å². The van der Waals surface area contributed by atoms with Crippen LogP contribution in [-0.4, -0.2) is 25.3 Å². The minimum atomic E-state index is 0.406. The molecule has 14 heavy (non-hydrogen) atoms. The lowest BCUT2D eigenvalue weighted by Crippen LogP contribution is -2.27. The van der Waals surface area contributed by atoms with Crippen LogP contribution in [0.4, 0.5) is 0 Å². The predicted octanol–water partition coefficient (Wildman–Crippen LogP) is 2.83. The van der Waals surface area contributed by atoms with E-state index in [1.165, 1.54) is 0 Å². The van der Waals surface area contributed by atoms with Crippen LogP contribution in [-0.2, 0) is 4.74 Å². The first-order valence-electron chi connectivity index (χ1n) is 5.91. The fourth-order valence-corrected chi connectivity index (χ4v) is 1.63. The number of hydrogen-bond acceptors (Lipinski definition) is 2. The van der Waals surface area contributed by atoms with Gasteiger partial charge in [0.2, 0.25) is 0 Å². The van der Waals surface area contributed by atoms with Crippen molar-refractivity contribution in [2.75, 3.05) is 13.2 Å². The molecule has 0 aromatic heterocycles. The van der Waals surface area contributed by atoms with Gasteiger partial charge in [-0.25, -0.2) is 0 Å². The van der Waals surface area contributed by atoms with Crippen molar-refractivity contribution in [3.8, 4) is 0 Å². The minimum Gasteiger partial charge on any atom is -0.378 e. The molecule has 0 rings (SSSR count). The summed E-state index contributed by atoms with van der Waals surface area (Å²) in [6.07, 6.45) is 2.68. The number of nitrogens with one attached hydrogen (secondary N) is 1. The molecule has 0 fully saturated rings. The van der Waals surface area contributed by atoms with Crippen molar-refractivity contribution in [2.24, 2.45) is 5.92 Å². The molecule has 0 saturated heterocycles. The maximum atomic E-state index is 5.73. The number of rotatable bonds is 8. The Morgan fingerprint density at radius 2 is 1.79 bits per heavy atom. The van der Waals surface area contributed by atoms with Crippen molar-refractivity contribution in [3.63, 3.8) is 0 Å². The molecule has 1 N–H and O–H groups in total. The van der Waals surface area contributed by atoms with Crippen LogP contribution in [0, 0.1) is 5.92 Å². The summed E-state index contributed by atoms with van der Waals surface area (Å²) in [6, 6.07) is 0.575. The average Bonchev–Trinajstić information content (AvgIpc) is 2.02. The summed E-state index contributed by atoms with van der Waals surface area (Å²) in [4.78, 5) is 0. The average molecular weight is 201 g/mol. The van der Waals surface area contributed by atoms with E-state index in [-0.39, 0.29) is 0 Å². The first-order chi connectivity index (χ1) is 6.56. The molecular weight excluding hydrogens is 174 g/mol. The van der Waals surface area contributed by atoms with E-state index < -0.39 is 0 Å². The van der Waals surface area contributed by atoms with Gasteiger partial charge in [-0.2, -0.15) is 0 Å². The lowest BCUT2D eigenvalue weighted by atomic mass is 10.1. The van der Waals surface area contributed by atoms with Gasteiger partial charge in [-0.1, -0.05) is 20.8 Å². The Hall–Kier alpha value is -0.0800.